The van der Waals surface area contributed by atoms with E-state index in [9.17, 15) is 9.59 Å². The Kier molecular flexibility index (Phi) is 7.51. The number of carbonyl (C=O) groups is 2. The Bertz CT molecular complexity index is 1120. The number of hydrogen-bond donors (Lipinski definition) is 0. The molecule has 0 N–H and O–H groups in total. The van der Waals surface area contributed by atoms with Crippen molar-refractivity contribution in [3.8, 4) is 23.0 Å². The fourth-order valence-electron chi connectivity index (χ4n) is 4.00. The van der Waals surface area contributed by atoms with Crippen LogP contribution in [-0.4, -0.2) is 58.5 Å². The number of benzene rings is 1. The minimum Gasteiger partial charge on any atom is -0.493 e. The van der Waals surface area contributed by atoms with Crippen molar-refractivity contribution < 1.29 is 23.6 Å². The molecule has 1 aliphatic heterocycles. The summed E-state index contributed by atoms with van der Waals surface area (Å²) in [5.74, 6) is 2.09. The van der Waals surface area contributed by atoms with Crippen LogP contribution < -0.4 is 9.47 Å². The van der Waals surface area contributed by atoms with E-state index in [-0.39, 0.29) is 30.4 Å². The van der Waals surface area contributed by atoms with Crippen molar-refractivity contribution in [1.29, 1.82) is 0 Å². The Balaban J connectivity index is 1.31. The van der Waals surface area contributed by atoms with Crippen molar-refractivity contribution in [3.63, 3.8) is 0 Å². The van der Waals surface area contributed by atoms with Gasteiger partial charge in [0, 0.05) is 43.5 Å². The zero-order chi connectivity index (χ0) is 23.9. The van der Waals surface area contributed by atoms with E-state index in [1.165, 1.54) is 0 Å². The highest BCUT2D eigenvalue weighted by atomic mass is 16.5. The van der Waals surface area contributed by atoms with E-state index in [1.54, 1.807) is 31.5 Å². The number of nitrogens with zero attached hydrogens (tertiary/aromatic N) is 4. The standard InChI is InChI=1S/C25H28N4O5/c1-3-33-22-16-26-19(15-21(22)32-2)24-27-25(34-28-24)18-11-13-29(14-12-18)23(31)10-9-20(30)17-7-5-4-6-8-17/h4-8,15-16,18H,3,9-14H2,1-2H3. The van der Waals surface area contributed by atoms with Gasteiger partial charge in [0.25, 0.3) is 0 Å². The maximum atomic E-state index is 12.6. The molecule has 0 saturated carbocycles. The molecule has 1 amide bonds. The molecule has 34 heavy (non-hydrogen) atoms. The van der Waals surface area contributed by atoms with E-state index in [0.29, 0.717) is 54.2 Å². The van der Waals surface area contributed by atoms with Crippen LogP contribution in [0.3, 0.4) is 0 Å². The zero-order valence-electron chi connectivity index (χ0n) is 19.4. The summed E-state index contributed by atoms with van der Waals surface area (Å²) in [5, 5.41) is 4.08. The van der Waals surface area contributed by atoms with Gasteiger partial charge in [0.05, 0.1) is 19.9 Å². The van der Waals surface area contributed by atoms with Crippen molar-refractivity contribution >= 4 is 11.7 Å². The minimum atomic E-state index is -0.0123. The van der Waals surface area contributed by atoms with E-state index in [2.05, 4.69) is 15.1 Å². The van der Waals surface area contributed by atoms with E-state index in [4.69, 9.17) is 14.0 Å². The monoisotopic (exact) mass is 464 g/mol. The lowest BCUT2D eigenvalue weighted by Crippen LogP contribution is -2.38. The molecule has 0 bridgehead atoms. The van der Waals surface area contributed by atoms with E-state index >= 15 is 0 Å². The topological polar surface area (TPSA) is 108 Å². The van der Waals surface area contributed by atoms with E-state index < -0.39 is 0 Å². The Morgan fingerprint density at radius 2 is 1.88 bits per heavy atom. The predicted octanol–water partition coefficient (Wildman–Crippen LogP) is 3.91. The molecule has 2 aromatic heterocycles. The molecule has 3 heterocycles. The average Bonchev–Trinajstić information content (AvgIpc) is 3.38. The van der Waals surface area contributed by atoms with Gasteiger partial charge in [0.15, 0.2) is 17.3 Å². The smallest absolute Gasteiger partial charge is 0.230 e. The van der Waals surface area contributed by atoms with Crippen LogP contribution in [-0.2, 0) is 4.79 Å². The molecule has 0 aliphatic carbocycles. The number of aromatic nitrogens is 3. The molecule has 0 unspecified atom stereocenters. The Labute approximate surface area is 198 Å². The van der Waals surface area contributed by atoms with Gasteiger partial charge in [-0.15, -0.1) is 0 Å². The number of piperidine rings is 1. The molecule has 1 aliphatic rings. The minimum absolute atomic E-state index is 0.000341. The predicted molar refractivity (Wildman–Crippen MR) is 124 cm³/mol. The summed E-state index contributed by atoms with van der Waals surface area (Å²) < 4.78 is 16.4. The van der Waals surface area contributed by atoms with Gasteiger partial charge in [-0.05, 0) is 19.8 Å². The van der Waals surface area contributed by atoms with E-state index in [1.807, 2.05) is 30.0 Å². The molecule has 178 valence electrons. The summed E-state index contributed by atoms with van der Waals surface area (Å²) in [6.45, 7) is 3.59. The lowest BCUT2D eigenvalue weighted by molar-refractivity contribution is -0.132. The van der Waals surface area contributed by atoms with Gasteiger partial charge in [0.1, 0.15) is 5.69 Å². The second-order valence-electron chi connectivity index (χ2n) is 8.05. The number of rotatable bonds is 9. The van der Waals surface area contributed by atoms with Gasteiger partial charge in [-0.1, -0.05) is 35.5 Å². The molecule has 3 aromatic rings. The maximum Gasteiger partial charge on any atom is 0.230 e. The van der Waals surface area contributed by atoms with Crippen molar-refractivity contribution in [2.45, 2.75) is 38.5 Å². The van der Waals surface area contributed by atoms with Crippen molar-refractivity contribution in [3.05, 3.63) is 54.0 Å². The first-order valence-electron chi connectivity index (χ1n) is 11.5. The second-order valence-corrected chi connectivity index (χ2v) is 8.05. The lowest BCUT2D eigenvalue weighted by Gasteiger charge is -2.30. The lowest BCUT2D eigenvalue weighted by atomic mass is 9.96. The van der Waals surface area contributed by atoms with Gasteiger partial charge < -0.3 is 18.9 Å². The third kappa shape index (κ3) is 5.41. The number of amides is 1. The van der Waals surface area contributed by atoms with Crippen LogP contribution in [0.1, 0.15) is 54.8 Å². The summed E-state index contributed by atoms with van der Waals surface area (Å²) in [7, 11) is 1.57. The summed E-state index contributed by atoms with van der Waals surface area (Å²) in [4.78, 5) is 35.6. The first-order valence-corrected chi connectivity index (χ1v) is 11.5. The molecule has 4 rings (SSSR count). The van der Waals surface area contributed by atoms with Gasteiger partial charge in [-0.25, -0.2) is 4.98 Å². The molecular formula is C25H28N4O5. The van der Waals surface area contributed by atoms with Gasteiger partial charge >= 0.3 is 0 Å². The number of Topliss-reactive ketones (excluding diaryl/α,β-unsaturated/α-hetero) is 1. The highest BCUT2D eigenvalue weighted by molar-refractivity contribution is 5.97. The fourth-order valence-corrected chi connectivity index (χ4v) is 4.00. The Morgan fingerprint density at radius 3 is 2.59 bits per heavy atom. The molecule has 9 nitrogen and oxygen atoms in total. The molecule has 9 heteroatoms. The average molecular weight is 465 g/mol. The summed E-state index contributed by atoms with van der Waals surface area (Å²) in [5.41, 5.74) is 1.17. The van der Waals surface area contributed by atoms with Crippen LogP contribution in [0.15, 0.2) is 47.1 Å². The number of pyridine rings is 1. The van der Waals surface area contributed by atoms with Crippen molar-refractivity contribution in [2.24, 2.45) is 0 Å². The second kappa shape index (κ2) is 10.9. The number of methoxy groups -OCH3 is 1. The number of ether oxygens (including phenoxy) is 2. The third-order valence-corrected chi connectivity index (χ3v) is 5.88. The highest BCUT2D eigenvalue weighted by Gasteiger charge is 2.28. The first kappa shape index (κ1) is 23.4. The van der Waals surface area contributed by atoms with Crippen LogP contribution >= 0.6 is 0 Å². The first-order chi connectivity index (χ1) is 16.6. The Hall–Kier alpha value is -3.75. The molecular weight excluding hydrogens is 436 g/mol. The normalized spacial score (nSPS) is 14.1. The highest BCUT2D eigenvalue weighted by Crippen LogP contribution is 2.32. The molecule has 1 aromatic carbocycles. The summed E-state index contributed by atoms with van der Waals surface area (Å²) in [6.07, 6.45) is 3.46. The van der Waals surface area contributed by atoms with Crippen LogP contribution in [0.25, 0.3) is 11.5 Å². The Morgan fingerprint density at radius 1 is 1.12 bits per heavy atom. The molecule has 0 radical (unpaired) electrons. The summed E-state index contributed by atoms with van der Waals surface area (Å²) in [6, 6.07) is 10.8. The fraction of sp³-hybridized carbons (Fsp3) is 0.400. The summed E-state index contributed by atoms with van der Waals surface area (Å²) >= 11 is 0. The van der Waals surface area contributed by atoms with Gasteiger partial charge in [-0.3, -0.25) is 9.59 Å². The van der Waals surface area contributed by atoms with Crippen LogP contribution in [0, 0.1) is 0 Å². The van der Waals surface area contributed by atoms with Crippen molar-refractivity contribution in [2.75, 3.05) is 26.8 Å². The largest absolute Gasteiger partial charge is 0.493 e. The molecule has 0 spiro atoms. The maximum absolute atomic E-state index is 12.6. The number of hydrogen-bond acceptors (Lipinski definition) is 8. The SMILES string of the molecule is CCOc1cnc(-c2noc(C3CCN(C(=O)CCC(=O)c4ccccc4)CC3)n2)cc1OC. The van der Waals surface area contributed by atoms with Crippen molar-refractivity contribution in [1.82, 2.24) is 20.0 Å². The zero-order valence-corrected chi connectivity index (χ0v) is 19.4. The molecule has 1 fully saturated rings. The number of carbonyl (C=O) groups excluding carboxylic acids is 2. The van der Waals surface area contributed by atoms with Crippen LogP contribution in [0.4, 0.5) is 0 Å². The van der Waals surface area contributed by atoms with Crippen LogP contribution in [0.5, 0.6) is 11.5 Å². The number of likely N-dealkylation sites (tertiary alicyclic amines) is 1. The van der Waals surface area contributed by atoms with Gasteiger partial charge in [0.2, 0.25) is 17.6 Å². The quantitative estimate of drug-likeness (QED) is 0.439. The third-order valence-electron chi connectivity index (χ3n) is 5.88. The molecule has 1 saturated heterocycles. The molecule has 0 atom stereocenters. The van der Waals surface area contributed by atoms with Gasteiger partial charge in [-0.2, -0.15) is 4.98 Å². The van der Waals surface area contributed by atoms with Crippen LogP contribution in [0.2, 0.25) is 0 Å². The number of ketones is 1. The van der Waals surface area contributed by atoms with E-state index in [0.717, 1.165) is 12.8 Å².